The van der Waals surface area contributed by atoms with Crippen molar-refractivity contribution in [2.45, 2.75) is 0 Å². The van der Waals surface area contributed by atoms with Crippen LogP contribution in [0.5, 0.6) is 0 Å². The van der Waals surface area contributed by atoms with E-state index in [0.717, 1.165) is 15.8 Å². The number of Topliss-reactive ketones (excluding diaryl/α,β-unsaturated/α-hetero) is 1. The number of benzene rings is 3. The summed E-state index contributed by atoms with van der Waals surface area (Å²) in [6, 6.07) is 23.9. The molecule has 0 spiro atoms. The zero-order chi connectivity index (χ0) is 20.2. The van der Waals surface area contributed by atoms with Crippen LogP contribution in [0.15, 0.2) is 78.9 Å². The van der Waals surface area contributed by atoms with E-state index in [-0.39, 0.29) is 5.78 Å². The number of thiazole rings is 1. The average Bonchev–Trinajstić information content (AvgIpc) is 3.21. The molecule has 5 heteroatoms. The van der Waals surface area contributed by atoms with Gasteiger partial charge >= 0.3 is 5.97 Å². The maximum absolute atomic E-state index is 13.3. The second-order valence-electron chi connectivity index (χ2n) is 6.35. The molecule has 29 heavy (non-hydrogen) atoms. The van der Waals surface area contributed by atoms with Crippen LogP contribution >= 0.6 is 11.3 Å². The number of carbonyl (C=O) groups excluding carboxylic acids is 2. The van der Waals surface area contributed by atoms with Crippen molar-refractivity contribution in [2.24, 2.45) is 0 Å². The molecule has 0 amide bonds. The second-order valence-corrected chi connectivity index (χ2v) is 7.38. The monoisotopic (exact) mass is 399 g/mol. The fraction of sp³-hybridized carbons (Fsp3) is 0.0417. The first-order valence-corrected chi connectivity index (χ1v) is 9.83. The summed E-state index contributed by atoms with van der Waals surface area (Å²) in [6.45, 7) is 0. The van der Waals surface area contributed by atoms with Crippen molar-refractivity contribution in [2.75, 3.05) is 7.11 Å². The molecule has 4 aromatic rings. The van der Waals surface area contributed by atoms with Crippen molar-refractivity contribution in [3.05, 3.63) is 101 Å². The Balaban J connectivity index is 1.80. The summed E-state index contributed by atoms with van der Waals surface area (Å²) in [4.78, 5) is 29.6. The van der Waals surface area contributed by atoms with E-state index in [4.69, 9.17) is 4.74 Å². The Hall–Kier alpha value is -3.57. The smallest absolute Gasteiger partial charge is 0.337 e. The summed E-state index contributed by atoms with van der Waals surface area (Å²) in [6.07, 6.45) is 1.81. The summed E-state index contributed by atoms with van der Waals surface area (Å²) in [7, 11) is 1.35. The Morgan fingerprint density at radius 3 is 2.24 bits per heavy atom. The van der Waals surface area contributed by atoms with Crippen LogP contribution in [0, 0.1) is 0 Å². The minimum Gasteiger partial charge on any atom is -0.465 e. The van der Waals surface area contributed by atoms with Gasteiger partial charge in [0, 0.05) is 5.56 Å². The van der Waals surface area contributed by atoms with Gasteiger partial charge in [-0.15, -0.1) is 11.3 Å². The number of ether oxygens (including phenoxy) is 1. The molecule has 1 heterocycles. The number of aromatic nitrogens is 1. The molecule has 0 saturated heterocycles. The van der Waals surface area contributed by atoms with Gasteiger partial charge in [0.1, 0.15) is 5.01 Å². The predicted molar refractivity (Wildman–Crippen MR) is 116 cm³/mol. The van der Waals surface area contributed by atoms with E-state index in [1.165, 1.54) is 18.4 Å². The third-order valence-electron chi connectivity index (χ3n) is 4.45. The lowest BCUT2D eigenvalue weighted by molar-refractivity contribution is 0.0600. The minimum atomic E-state index is -0.396. The molecule has 0 N–H and O–H groups in total. The van der Waals surface area contributed by atoms with Gasteiger partial charge in [-0.05, 0) is 35.9 Å². The molecule has 0 fully saturated rings. The Bertz CT molecular complexity index is 1170. The summed E-state index contributed by atoms with van der Waals surface area (Å²) < 4.78 is 5.76. The van der Waals surface area contributed by atoms with Crippen molar-refractivity contribution >= 4 is 45.0 Å². The molecule has 0 unspecified atom stereocenters. The van der Waals surface area contributed by atoms with Gasteiger partial charge in [-0.3, -0.25) is 4.79 Å². The second kappa shape index (κ2) is 8.20. The number of para-hydroxylation sites is 1. The largest absolute Gasteiger partial charge is 0.465 e. The maximum atomic E-state index is 13.3. The average molecular weight is 399 g/mol. The van der Waals surface area contributed by atoms with Crippen molar-refractivity contribution in [3.63, 3.8) is 0 Å². The van der Waals surface area contributed by atoms with Crippen molar-refractivity contribution < 1.29 is 14.3 Å². The summed E-state index contributed by atoms with van der Waals surface area (Å²) in [5.74, 6) is -0.492. The van der Waals surface area contributed by atoms with Gasteiger partial charge in [0.05, 0.1) is 28.5 Å². The molecule has 0 bridgehead atoms. The van der Waals surface area contributed by atoms with Gasteiger partial charge in [-0.25, -0.2) is 9.78 Å². The summed E-state index contributed by atoms with van der Waals surface area (Å²) >= 11 is 1.48. The molecular weight excluding hydrogens is 382 g/mol. The minimum absolute atomic E-state index is 0.0956. The first-order valence-electron chi connectivity index (χ1n) is 9.01. The van der Waals surface area contributed by atoms with E-state index < -0.39 is 5.97 Å². The van der Waals surface area contributed by atoms with Crippen molar-refractivity contribution in [1.82, 2.24) is 4.98 Å². The molecule has 0 aliphatic rings. The first kappa shape index (κ1) is 18.8. The number of hydrogen-bond acceptors (Lipinski definition) is 5. The van der Waals surface area contributed by atoms with Crippen LogP contribution in [-0.4, -0.2) is 23.8 Å². The molecule has 3 aromatic carbocycles. The molecule has 0 aliphatic heterocycles. The van der Waals surface area contributed by atoms with Crippen LogP contribution in [-0.2, 0) is 4.74 Å². The van der Waals surface area contributed by atoms with E-state index in [0.29, 0.717) is 21.7 Å². The highest BCUT2D eigenvalue weighted by molar-refractivity contribution is 7.20. The number of hydrogen-bond donors (Lipinski definition) is 0. The number of fused-ring (bicyclic) bond motifs is 1. The van der Waals surface area contributed by atoms with Crippen LogP contribution in [0.4, 0.5) is 0 Å². The van der Waals surface area contributed by atoms with Gasteiger partial charge in [0.15, 0.2) is 5.78 Å². The predicted octanol–water partition coefficient (Wildman–Crippen LogP) is 5.51. The lowest BCUT2D eigenvalue weighted by Crippen LogP contribution is -2.03. The van der Waals surface area contributed by atoms with E-state index >= 15 is 0 Å². The van der Waals surface area contributed by atoms with E-state index in [2.05, 4.69) is 4.98 Å². The Kier molecular flexibility index (Phi) is 5.31. The van der Waals surface area contributed by atoms with Gasteiger partial charge in [0.2, 0.25) is 0 Å². The third kappa shape index (κ3) is 4.00. The number of nitrogens with zero attached hydrogens (tertiary/aromatic N) is 1. The molecule has 1 aromatic heterocycles. The number of rotatable bonds is 5. The van der Waals surface area contributed by atoms with Crippen LogP contribution in [0.3, 0.4) is 0 Å². The number of methoxy groups -OCH3 is 1. The molecule has 0 radical (unpaired) electrons. The third-order valence-corrected chi connectivity index (χ3v) is 5.52. The highest BCUT2D eigenvalue weighted by Crippen LogP contribution is 2.30. The first-order chi connectivity index (χ1) is 14.2. The van der Waals surface area contributed by atoms with Crippen molar-refractivity contribution in [3.8, 4) is 0 Å². The SMILES string of the molecule is COC(=O)c1ccc(C=C(C(=O)c2ccccc2)c2nc3ccccc3s2)cc1. The number of allylic oxidation sites excluding steroid dienone is 1. The van der Waals surface area contributed by atoms with Gasteiger partial charge in [-0.1, -0.05) is 54.6 Å². The summed E-state index contributed by atoms with van der Waals surface area (Å²) in [5, 5.41) is 0.664. The Morgan fingerprint density at radius 1 is 0.862 bits per heavy atom. The highest BCUT2D eigenvalue weighted by Gasteiger charge is 2.18. The normalized spacial score (nSPS) is 11.4. The highest BCUT2D eigenvalue weighted by atomic mass is 32.1. The van der Waals surface area contributed by atoms with Crippen LogP contribution in [0.2, 0.25) is 0 Å². The van der Waals surface area contributed by atoms with E-state index in [1.54, 1.807) is 36.4 Å². The number of ketones is 1. The Morgan fingerprint density at radius 2 is 1.55 bits per heavy atom. The van der Waals surface area contributed by atoms with Crippen LogP contribution in [0.1, 0.15) is 31.3 Å². The molecule has 0 aliphatic carbocycles. The van der Waals surface area contributed by atoms with Crippen molar-refractivity contribution in [1.29, 1.82) is 0 Å². The topological polar surface area (TPSA) is 56.3 Å². The molecule has 4 rings (SSSR count). The Labute approximate surface area is 172 Å². The maximum Gasteiger partial charge on any atom is 0.337 e. The standard InChI is InChI=1S/C24H17NO3S/c1-28-24(27)18-13-11-16(12-14-18)15-19(22(26)17-7-3-2-4-8-17)23-25-20-9-5-6-10-21(20)29-23/h2-15H,1H3. The fourth-order valence-corrected chi connectivity index (χ4v) is 3.94. The van der Waals surface area contributed by atoms with Gasteiger partial charge in [0.25, 0.3) is 0 Å². The summed E-state index contributed by atoms with van der Waals surface area (Å²) in [5.41, 5.74) is 3.24. The van der Waals surface area contributed by atoms with Crippen LogP contribution < -0.4 is 0 Å². The lowest BCUT2D eigenvalue weighted by atomic mass is 10.0. The molecule has 0 saturated carbocycles. The quantitative estimate of drug-likeness (QED) is 0.252. The number of carbonyl (C=O) groups is 2. The lowest BCUT2D eigenvalue weighted by Gasteiger charge is -2.05. The van der Waals surface area contributed by atoms with Crippen LogP contribution in [0.25, 0.3) is 21.9 Å². The van der Waals surface area contributed by atoms with E-state index in [9.17, 15) is 9.59 Å². The van der Waals surface area contributed by atoms with Gasteiger partial charge < -0.3 is 4.74 Å². The van der Waals surface area contributed by atoms with E-state index in [1.807, 2.05) is 48.5 Å². The molecule has 0 atom stereocenters. The zero-order valence-electron chi connectivity index (χ0n) is 15.7. The molecule has 142 valence electrons. The van der Waals surface area contributed by atoms with Gasteiger partial charge in [-0.2, -0.15) is 0 Å². The fourth-order valence-electron chi connectivity index (χ4n) is 2.96. The number of esters is 1. The molecular formula is C24H17NO3S. The zero-order valence-corrected chi connectivity index (χ0v) is 16.5. The molecule has 4 nitrogen and oxygen atoms in total.